The normalized spacial score (nSPS) is 15.1. The molecular formula is C26H38N6O2Si. The summed E-state index contributed by atoms with van der Waals surface area (Å²) in [4.78, 5) is 38.9. The topological polar surface area (TPSA) is 96.2 Å². The first kappa shape index (κ1) is 25.3. The van der Waals surface area contributed by atoms with Crippen LogP contribution in [0.15, 0.2) is 30.6 Å². The van der Waals surface area contributed by atoms with Crippen LogP contribution in [-0.2, 0) is 6.42 Å². The Hall–Kier alpha value is -2.78. The van der Waals surface area contributed by atoms with Crippen LogP contribution >= 0.6 is 0 Å². The minimum absolute atomic E-state index is 0.0166. The summed E-state index contributed by atoms with van der Waals surface area (Å²) in [6.45, 7) is 8.29. The van der Waals surface area contributed by atoms with Crippen LogP contribution in [0.25, 0.3) is 11.0 Å². The van der Waals surface area contributed by atoms with Gasteiger partial charge >= 0.3 is 0 Å². The first-order valence-corrected chi connectivity index (χ1v) is 15.4. The fourth-order valence-corrected chi connectivity index (χ4v) is 5.25. The molecule has 0 unspecified atom stereocenters. The number of pyridine rings is 1. The second-order valence-electron chi connectivity index (χ2n) is 11.1. The monoisotopic (exact) mass is 494 g/mol. The number of anilines is 2. The number of aryl methyl sites for hydroxylation is 1. The number of amides is 1. The highest BCUT2D eigenvalue weighted by molar-refractivity contribution is 6.72. The maximum atomic E-state index is 12.9. The van der Waals surface area contributed by atoms with E-state index >= 15 is 0 Å². The maximum Gasteiger partial charge on any atom is 0.270 e. The van der Waals surface area contributed by atoms with Crippen LogP contribution < -0.4 is 5.32 Å². The highest BCUT2D eigenvalue weighted by Crippen LogP contribution is 2.39. The Morgan fingerprint density at radius 3 is 2.51 bits per heavy atom. The lowest BCUT2D eigenvalue weighted by molar-refractivity contribution is 0.0815. The number of carbonyl (C=O) groups excluding carboxylic acids is 1. The Kier molecular flexibility index (Phi) is 7.01. The lowest BCUT2D eigenvalue weighted by Crippen LogP contribution is -2.39. The lowest BCUT2D eigenvalue weighted by atomic mass is 10.0. The molecule has 1 saturated carbocycles. The Morgan fingerprint density at radius 2 is 1.91 bits per heavy atom. The van der Waals surface area contributed by atoms with E-state index in [0.29, 0.717) is 17.5 Å². The van der Waals surface area contributed by atoms with E-state index in [-0.39, 0.29) is 17.0 Å². The summed E-state index contributed by atoms with van der Waals surface area (Å²) < 4.78 is 2.11. The smallest absolute Gasteiger partial charge is 0.270 e. The molecule has 0 spiro atoms. The third-order valence-electron chi connectivity index (χ3n) is 7.65. The van der Waals surface area contributed by atoms with Crippen molar-refractivity contribution >= 4 is 37.0 Å². The van der Waals surface area contributed by atoms with E-state index in [2.05, 4.69) is 39.8 Å². The summed E-state index contributed by atoms with van der Waals surface area (Å²) in [6.07, 6.45) is 9.89. The number of fused-ring (bicyclic) bond motifs is 1. The minimum Gasteiger partial charge on any atom is -0.432 e. The van der Waals surface area contributed by atoms with E-state index in [0.717, 1.165) is 42.3 Å². The number of aromatic nitrogens is 4. The minimum atomic E-state index is -2.22. The molecule has 0 aliphatic heterocycles. The molecule has 0 atom stereocenters. The molecule has 1 amide bonds. The van der Waals surface area contributed by atoms with Crippen LogP contribution in [0.4, 0.5) is 11.8 Å². The van der Waals surface area contributed by atoms with Gasteiger partial charge in [0.25, 0.3) is 5.91 Å². The zero-order valence-electron chi connectivity index (χ0n) is 21.8. The van der Waals surface area contributed by atoms with E-state index in [4.69, 9.17) is 4.98 Å². The van der Waals surface area contributed by atoms with E-state index in [1.54, 1.807) is 25.2 Å². The summed E-state index contributed by atoms with van der Waals surface area (Å²) in [6, 6.07) is 6.19. The first-order chi connectivity index (χ1) is 16.5. The van der Waals surface area contributed by atoms with Crippen molar-refractivity contribution in [2.24, 2.45) is 0 Å². The second-order valence-corrected chi connectivity index (χ2v) is 15.6. The molecule has 3 heterocycles. The molecule has 0 aromatic carbocycles. The van der Waals surface area contributed by atoms with E-state index in [1.165, 1.54) is 12.8 Å². The van der Waals surface area contributed by atoms with Gasteiger partial charge < -0.3 is 19.6 Å². The van der Waals surface area contributed by atoms with Crippen LogP contribution in [0, 0.1) is 0 Å². The van der Waals surface area contributed by atoms with Crippen molar-refractivity contribution < 1.29 is 9.59 Å². The van der Waals surface area contributed by atoms with Gasteiger partial charge in [-0.15, -0.1) is 0 Å². The lowest BCUT2D eigenvalue weighted by Gasteiger charge is -2.35. The van der Waals surface area contributed by atoms with Gasteiger partial charge in [0.15, 0.2) is 8.32 Å². The van der Waals surface area contributed by atoms with Crippen molar-refractivity contribution in [1.29, 1.82) is 0 Å². The van der Waals surface area contributed by atoms with Gasteiger partial charge in [-0.1, -0.05) is 32.8 Å². The zero-order valence-corrected chi connectivity index (χ0v) is 22.8. The summed E-state index contributed by atoms with van der Waals surface area (Å²) in [5.74, 6) is 1.12. The molecule has 3 aromatic heterocycles. The molecule has 1 fully saturated rings. The van der Waals surface area contributed by atoms with Gasteiger partial charge in [-0.2, -0.15) is 4.98 Å². The Bertz CT molecular complexity index is 1190. The number of hydrogen-bond donors (Lipinski definition) is 2. The van der Waals surface area contributed by atoms with Gasteiger partial charge in [-0.05, 0) is 61.5 Å². The quantitative estimate of drug-likeness (QED) is 0.413. The van der Waals surface area contributed by atoms with Gasteiger partial charge in [0.2, 0.25) is 5.95 Å². The van der Waals surface area contributed by atoms with Gasteiger partial charge in [-0.3, -0.25) is 4.79 Å². The molecule has 0 radical (unpaired) electrons. The molecule has 0 bridgehead atoms. The predicted molar refractivity (Wildman–Crippen MR) is 143 cm³/mol. The molecular weight excluding hydrogens is 456 g/mol. The van der Waals surface area contributed by atoms with Crippen molar-refractivity contribution in [2.75, 3.05) is 19.4 Å². The summed E-state index contributed by atoms with van der Waals surface area (Å²) >= 11 is 0. The number of nitrogens with zero attached hydrogens (tertiary/aromatic N) is 5. The molecule has 188 valence electrons. The molecule has 35 heavy (non-hydrogen) atoms. The Labute approximate surface area is 208 Å². The van der Waals surface area contributed by atoms with Crippen molar-refractivity contribution in [3.63, 3.8) is 0 Å². The Morgan fingerprint density at radius 1 is 1.20 bits per heavy atom. The molecule has 3 aromatic rings. The standard InChI is InChI=1S/C26H38N6O2Si/c1-26(2,35(5,6)34)14-13-18-11-12-22(27-16-18)29-25-28-17-19-15-21(24(33)31(3)4)32(23(19)30-25)20-9-7-8-10-20/h11-12,15-17,20,34H,7-10,13-14H2,1-6H3,(H,27,28,29,30). The van der Waals surface area contributed by atoms with E-state index < -0.39 is 8.32 Å². The number of nitrogens with one attached hydrogen (secondary N) is 1. The van der Waals surface area contributed by atoms with Crippen molar-refractivity contribution in [3.8, 4) is 0 Å². The Balaban J connectivity index is 1.55. The van der Waals surface area contributed by atoms with Crippen molar-refractivity contribution in [3.05, 3.63) is 41.9 Å². The van der Waals surface area contributed by atoms with Crippen molar-refractivity contribution in [2.45, 2.75) is 76.5 Å². The van der Waals surface area contributed by atoms with E-state index in [1.807, 2.05) is 31.4 Å². The third kappa shape index (κ3) is 5.40. The molecule has 4 rings (SSSR count). The van der Waals surface area contributed by atoms with Crippen LogP contribution in [0.2, 0.25) is 18.1 Å². The van der Waals surface area contributed by atoms with Gasteiger partial charge in [0.05, 0.1) is 0 Å². The van der Waals surface area contributed by atoms with Gasteiger partial charge in [0, 0.05) is 37.9 Å². The number of rotatable bonds is 8. The molecule has 8 nitrogen and oxygen atoms in total. The van der Waals surface area contributed by atoms with Crippen molar-refractivity contribution in [1.82, 2.24) is 24.4 Å². The van der Waals surface area contributed by atoms with Crippen LogP contribution in [0.5, 0.6) is 0 Å². The third-order valence-corrected chi connectivity index (χ3v) is 11.2. The molecule has 1 aliphatic carbocycles. The molecule has 9 heteroatoms. The zero-order chi connectivity index (χ0) is 25.4. The van der Waals surface area contributed by atoms with Crippen LogP contribution in [0.1, 0.15) is 68.0 Å². The molecule has 0 saturated heterocycles. The fraction of sp³-hybridized carbons (Fsp3) is 0.538. The predicted octanol–water partition coefficient (Wildman–Crippen LogP) is 5.30. The van der Waals surface area contributed by atoms with Gasteiger partial charge in [0.1, 0.15) is 17.2 Å². The summed E-state index contributed by atoms with van der Waals surface area (Å²) in [5.41, 5.74) is 2.59. The largest absolute Gasteiger partial charge is 0.432 e. The second kappa shape index (κ2) is 9.70. The number of carbonyl (C=O) groups is 1. The average Bonchev–Trinajstić information content (AvgIpc) is 3.44. The SMILES string of the molecule is CN(C)C(=O)c1cc2cnc(Nc3ccc(CCC(C)(C)[Si](C)(C)O)cn3)nc2n1C1CCCC1. The summed E-state index contributed by atoms with van der Waals surface area (Å²) in [5, 5.41) is 4.03. The first-order valence-electron chi connectivity index (χ1n) is 12.5. The maximum absolute atomic E-state index is 12.9. The highest BCUT2D eigenvalue weighted by Gasteiger charge is 2.37. The highest BCUT2D eigenvalue weighted by atomic mass is 28.4. The molecule has 2 N–H and O–H groups in total. The van der Waals surface area contributed by atoms with E-state index in [9.17, 15) is 9.59 Å². The summed E-state index contributed by atoms with van der Waals surface area (Å²) in [7, 11) is 1.33. The average molecular weight is 495 g/mol. The molecule has 1 aliphatic rings. The number of hydrogen-bond acceptors (Lipinski definition) is 6. The van der Waals surface area contributed by atoms with Gasteiger partial charge in [-0.25, -0.2) is 9.97 Å². The van der Waals surface area contributed by atoms with Crippen LogP contribution in [0.3, 0.4) is 0 Å². The fourth-order valence-electron chi connectivity index (χ4n) is 4.52. The van der Waals surface area contributed by atoms with Crippen LogP contribution in [-0.4, -0.2) is 57.5 Å².